The maximum absolute atomic E-state index is 12.2. The second kappa shape index (κ2) is 4.45. The maximum atomic E-state index is 12.2. The molecule has 16 heavy (non-hydrogen) atoms. The number of sulfonamides is 1. The molecule has 0 aromatic heterocycles. The molecule has 1 heterocycles. The third kappa shape index (κ3) is 2.15. The van der Waals surface area contributed by atoms with Crippen molar-refractivity contribution < 1.29 is 13.2 Å². The van der Waals surface area contributed by atoms with Crippen LogP contribution in [0.5, 0.6) is 0 Å². The Balaban J connectivity index is 2.19. The Labute approximate surface area is 97.1 Å². The molecule has 0 bridgehead atoms. The van der Waals surface area contributed by atoms with E-state index in [0.717, 1.165) is 25.7 Å². The van der Waals surface area contributed by atoms with Gasteiger partial charge in [0.15, 0.2) is 5.78 Å². The van der Waals surface area contributed by atoms with Crippen LogP contribution in [0.3, 0.4) is 0 Å². The van der Waals surface area contributed by atoms with E-state index in [2.05, 4.69) is 0 Å². The van der Waals surface area contributed by atoms with Crippen LogP contribution in [0.2, 0.25) is 0 Å². The van der Waals surface area contributed by atoms with E-state index in [1.807, 2.05) is 0 Å². The minimum absolute atomic E-state index is 0.0731. The summed E-state index contributed by atoms with van der Waals surface area (Å²) < 4.78 is 25.8. The van der Waals surface area contributed by atoms with Crippen molar-refractivity contribution in [1.29, 1.82) is 0 Å². The van der Waals surface area contributed by atoms with Crippen molar-refractivity contribution in [2.75, 3.05) is 6.54 Å². The number of hydrogen-bond acceptors (Lipinski definition) is 3. The number of nitrogens with zero attached hydrogens (tertiary/aromatic N) is 1. The Bertz CT molecular complexity index is 373. The fourth-order valence-corrected chi connectivity index (χ4v) is 4.40. The van der Waals surface area contributed by atoms with Crippen LogP contribution in [0.4, 0.5) is 0 Å². The zero-order chi connectivity index (χ0) is 11.8. The van der Waals surface area contributed by atoms with Gasteiger partial charge in [0.1, 0.15) is 0 Å². The molecule has 0 radical (unpaired) electrons. The number of ketones is 1. The fourth-order valence-electron chi connectivity index (χ4n) is 2.32. The van der Waals surface area contributed by atoms with Crippen molar-refractivity contribution in [2.24, 2.45) is 0 Å². The Hall–Kier alpha value is -0.420. The molecule has 0 N–H and O–H groups in total. The van der Waals surface area contributed by atoms with E-state index in [4.69, 9.17) is 0 Å². The standard InChI is InChI=1S/C11H19NO3S/c1-2-11(13)10-5-3-4-8-12(10)16(14,15)9-6-7-9/h9-10H,2-8H2,1H3/t10-/m1/s1. The third-order valence-corrected chi connectivity index (χ3v) is 5.85. The summed E-state index contributed by atoms with van der Waals surface area (Å²) in [5.41, 5.74) is 0. The molecule has 2 fully saturated rings. The summed E-state index contributed by atoms with van der Waals surface area (Å²) >= 11 is 0. The minimum atomic E-state index is -3.18. The molecule has 0 aromatic rings. The van der Waals surface area contributed by atoms with Crippen LogP contribution in [0, 0.1) is 0 Å². The van der Waals surface area contributed by atoms with Crippen LogP contribution in [0.15, 0.2) is 0 Å². The van der Waals surface area contributed by atoms with E-state index in [1.54, 1.807) is 6.92 Å². The summed E-state index contributed by atoms with van der Waals surface area (Å²) in [4.78, 5) is 11.8. The number of rotatable bonds is 4. The van der Waals surface area contributed by atoms with Crippen molar-refractivity contribution in [3.05, 3.63) is 0 Å². The highest BCUT2D eigenvalue weighted by Crippen LogP contribution is 2.34. The SMILES string of the molecule is CCC(=O)[C@H]1CCCCN1S(=O)(=O)C1CC1. The van der Waals surface area contributed by atoms with Crippen LogP contribution in [-0.2, 0) is 14.8 Å². The van der Waals surface area contributed by atoms with Crippen LogP contribution in [-0.4, -0.2) is 36.3 Å². The monoisotopic (exact) mass is 245 g/mol. The lowest BCUT2D eigenvalue weighted by atomic mass is 10.00. The summed E-state index contributed by atoms with van der Waals surface area (Å²) in [7, 11) is -3.18. The molecule has 1 atom stereocenters. The van der Waals surface area contributed by atoms with Gasteiger partial charge in [-0.15, -0.1) is 0 Å². The molecule has 0 unspecified atom stereocenters. The van der Waals surface area contributed by atoms with Crippen molar-refractivity contribution >= 4 is 15.8 Å². The minimum Gasteiger partial charge on any atom is -0.298 e. The van der Waals surface area contributed by atoms with E-state index in [0.29, 0.717) is 19.4 Å². The highest BCUT2D eigenvalue weighted by atomic mass is 32.2. The number of piperidine rings is 1. The van der Waals surface area contributed by atoms with E-state index >= 15 is 0 Å². The molecule has 92 valence electrons. The van der Waals surface area contributed by atoms with Crippen LogP contribution < -0.4 is 0 Å². The Morgan fingerprint density at radius 3 is 2.50 bits per heavy atom. The highest BCUT2D eigenvalue weighted by Gasteiger charge is 2.44. The molecular formula is C11H19NO3S. The first kappa shape index (κ1) is 12.0. The quantitative estimate of drug-likeness (QED) is 0.750. The maximum Gasteiger partial charge on any atom is 0.217 e. The van der Waals surface area contributed by atoms with Gasteiger partial charge in [-0.2, -0.15) is 4.31 Å². The number of carbonyl (C=O) groups excluding carboxylic acids is 1. The van der Waals surface area contributed by atoms with Crippen LogP contribution in [0.1, 0.15) is 45.4 Å². The van der Waals surface area contributed by atoms with E-state index in [9.17, 15) is 13.2 Å². The van der Waals surface area contributed by atoms with Gasteiger partial charge in [-0.25, -0.2) is 8.42 Å². The molecule has 0 spiro atoms. The molecule has 5 heteroatoms. The van der Waals surface area contributed by atoms with E-state index < -0.39 is 10.0 Å². The molecule has 1 saturated heterocycles. The summed E-state index contributed by atoms with van der Waals surface area (Å²) in [6.45, 7) is 2.34. The molecule has 4 nitrogen and oxygen atoms in total. The first-order valence-electron chi connectivity index (χ1n) is 6.10. The van der Waals surface area contributed by atoms with Gasteiger partial charge in [0, 0.05) is 13.0 Å². The summed E-state index contributed by atoms with van der Waals surface area (Å²) in [5.74, 6) is 0.0731. The largest absolute Gasteiger partial charge is 0.298 e. The lowest BCUT2D eigenvalue weighted by Gasteiger charge is -2.33. The Morgan fingerprint density at radius 1 is 1.25 bits per heavy atom. The summed E-state index contributed by atoms with van der Waals surface area (Å²) in [6.07, 6.45) is 4.53. The second-order valence-corrected chi connectivity index (χ2v) is 6.85. The average molecular weight is 245 g/mol. The molecule has 1 aliphatic carbocycles. The first-order valence-corrected chi connectivity index (χ1v) is 7.61. The smallest absolute Gasteiger partial charge is 0.217 e. The summed E-state index contributed by atoms with van der Waals surface area (Å²) in [5, 5.41) is -0.197. The van der Waals surface area contributed by atoms with Crippen molar-refractivity contribution in [3.8, 4) is 0 Å². The predicted molar refractivity (Wildman–Crippen MR) is 61.6 cm³/mol. The van der Waals surface area contributed by atoms with Gasteiger partial charge in [-0.3, -0.25) is 4.79 Å². The fraction of sp³-hybridized carbons (Fsp3) is 0.909. The highest BCUT2D eigenvalue weighted by molar-refractivity contribution is 7.90. The topological polar surface area (TPSA) is 54.5 Å². The molecule has 2 aliphatic rings. The van der Waals surface area contributed by atoms with Gasteiger partial charge in [0.25, 0.3) is 0 Å². The average Bonchev–Trinajstić information content (AvgIpc) is 3.12. The van der Waals surface area contributed by atoms with Gasteiger partial charge in [0.05, 0.1) is 11.3 Å². The normalized spacial score (nSPS) is 27.9. The van der Waals surface area contributed by atoms with Gasteiger partial charge in [-0.1, -0.05) is 13.3 Å². The Morgan fingerprint density at radius 2 is 1.94 bits per heavy atom. The van der Waals surface area contributed by atoms with Gasteiger partial charge in [0.2, 0.25) is 10.0 Å². The van der Waals surface area contributed by atoms with Crippen molar-refractivity contribution in [1.82, 2.24) is 4.31 Å². The van der Waals surface area contributed by atoms with Gasteiger partial charge in [-0.05, 0) is 25.7 Å². The van der Waals surface area contributed by atoms with Crippen LogP contribution in [0.25, 0.3) is 0 Å². The zero-order valence-corrected chi connectivity index (χ0v) is 10.5. The second-order valence-electron chi connectivity index (χ2n) is 4.69. The Kier molecular flexibility index (Phi) is 3.35. The molecule has 2 rings (SSSR count). The molecule has 0 amide bonds. The summed E-state index contributed by atoms with van der Waals surface area (Å²) in [6, 6.07) is -0.371. The predicted octanol–water partition coefficient (Wildman–Crippen LogP) is 1.31. The first-order chi connectivity index (χ1) is 7.57. The zero-order valence-electron chi connectivity index (χ0n) is 9.68. The lowest BCUT2D eigenvalue weighted by molar-refractivity contribution is -0.123. The van der Waals surface area contributed by atoms with Crippen molar-refractivity contribution in [2.45, 2.75) is 56.7 Å². The molecule has 1 aliphatic heterocycles. The number of hydrogen-bond donors (Lipinski definition) is 0. The molecular weight excluding hydrogens is 226 g/mol. The van der Waals surface area contributed by atoms with E-state index in [1.165, 1.54) is 4.31 Å². The third-order valence-electron chi connectivity index (χ3n) is 3.45. The van der Waals surface area contributed by atoms with Gasteiger partial charge >= 0.3 is 0 Å². The van der Waals surface area contributed by atoms with Gasteiger partial charge < -0.3 is 0 Å². The lowest BCUT2D eigenvalue weighted by Crippen LogP contribution is -2.48. The van der Waals surface area contributed by atoms with E-state index in [-0.39, 0.29) is 17.1 Å². The number of Topliss-reactive ketones (excluding diaryl/α,β-unsaturated/α-hetero) is 1. The van der Waals surface area contributed by atoms with Crippen molar-refractivity contribution in [3.63, 3.8) is 0 Å². The molecule has 1 saturated carbocycles. The van der Waals surface area contributed by atoms with Crippen LogP contribution >= 0.6 is 0 Å². The molecule has 0 aromatic carbocycles. The number of carbonyl (C=O) groups is 1.